The van der Waals surface area contributed by atoms with Crippen molar-refractivity contribution >= 4 is 23.2 Å². The number of hydrogen-bond acceptors (Lipinski definition) is 4. The Kier molecular flexibility index (Phi) is 5.11. The third-order valence-electron chi connectivity index (χ3n) is 4.12. The Morgan fingerprint density at radius 2 is 1.73 bits per heavy atom. The predicted octanol–water partition coefficient (Wildman–Crippen LogP) is 3.41. The number of hydrogen-bond donors (Lipinski definition) is 1. The smallest absolute Gasteiger partial charge is 0.231 e. The van der Waals surface area contributed by atoms with Crippen LogP contribution >= 0.6 is 0 Å². The number of benzene rings is 2. The van der Waals surface area contributed by atoms with Crippen molar-refractivity contribution in [1.82, 2.24) is 0 Å². The summed E-state index contributed by atoms with van der Waals surface area (Å²) in [5.41, 5.74) is 3.61. The molecule has 2 aromatic rings. The minimum atomic E-state index is -0.167. The summed E-state index contributed by atoms with van der Waals surface area (Å²) in [5.74, 6) is 1.02. The van der Waals surface area contributed by atoms with Gasteiger partial charge in [0.15, 0.2) is 11.5 Å². The van der Waals surface area contributed by atoms with E-state index >= 15 is 0 Å². The molecule has 0 bridgehead atoms. The molecule has 0 saturated heterocycles. The van der Waals surface area contributed by atoms with Crippen LogP contribution in [0.4, 0.5) is 11.4 Å². The van der Waals surface area contributed by atoms with Crippen molar-refractivity contribution in [2.75, 3.05) is 23.6 Å². The molecule has 26 heavy (non-hydrogen) atoms. The number of anilines is 2. The van der Waals surface area contributed by atoms with Gasteiger partial charge in [-0.25, -0.2) is 0 Å². The minimum Gasteiger partial charge on any atom is -0.454 e. The number of fused-ring (bicyclic) bond motifs is 1. The fraction of sp³-hybridized carbons (Fsp3) is 0.300. The predicted molar refractivity (Wildman–Crippen MR) is 99.8 cm³/mol. The number of nitrogens with zero attached hydrogens (tertiary/aromatic N) is 1. The molecule has 1 heterocycles. The van der Waals surface area contributed by atoms with E-state index in [9.17, 15) is 9.59 Å². The number of ether oxygens (including phenoxy) is 2. The first-order valence-electron chi connectivity index (χ1n) is 8.48. The average Bonchev–Trinajstić information content (AvgIpc) is 3.01. The van der Waals surface area contributed by atoms with Crippen LogP contribution in [0.3, 0.4) is 0 Å². The molecule has 136 valence electrons. The number of amides is 2. The Morgan fingerprint density at radius 3 is 2.42 bits per heavy atom. The van der Waals surface area contributed by atoms with Crippen LogP contribution in [-0.4, -0.2) is 25.2 Å². The van der Waals surface area contributed by atoms with E-state index in [1.165, 1.54) is 6.92 Å². The summed E-state index contributed by atoms with van der Waals surface area (Å²) < 4.78 is 10.6. The summed E-state index contributed by atoms with van der Waals surface area (Å²) in [7, 11) is 0. The van der Waals surface area contributed by atoms with E-state index in [2.05, 4.69) is 5.32 Å². The zero-order valence-corrected chi connectivity index (χ0v) is 15.2. The molecule has 0 spiro atoms. The Hall–Kier alpha value is -3.02. The van der Waals surface area contributed by atoms with E-state index in [-0.39, 0.29) is 25.0 Å². The normalized spacial score (nSPS) is 12.0. The van der Waals surface area contributed by atoms with Crippen molar-refractivity contribution in [3.05, 3.63) is 47.5 Å². The highest BCUT2D eigenvalue weighted by molar-refractivity contribution is 5.95. The van der Waals surface area contributed by atoms with Gasteiger partial charge >= 0.3 is 0 Å². The zero-order chi connectivity index (χ0) is 18.7. The van der Waals surface area contributed by atoms with Crippen LogP contribution in [-0.2, 0) is 9.59 Å². The second-order valence-corrected chi connectivity index (χ2v) is 6.38. The van der Waals surface area contributed by atoms with Crippen LogP contribution in [0.1, 0.15) is 24.5 Å². The van der Waals surface area contributed by atoms with Crippen LogP contribution in [0.25, 0.3) is 0 Å². The number of aryl methyl sites for hydroxylation is 2. The lowest BCUT2D eigenvalue weighted by Gasteiger charge is -2.22. The molecule has 1 aliphatic heterocycles. The molecule has 1 aliphatic rings. The summed E-state index contributed by atoms with van der Waals surface area (Å²) in [6, 6.07) is 11.2. The van der Waals surface area contributed by atoms with Crippen molar-refractivity contribution in [3.63, 3.8) is 0 Å². The van der Waals surface area contributed by atoms with Gasteiger partial charge in [0.2, 0.25) is 18.6 Å². The van der Waals surface area contributed by atoms with Crippen molar-refractivity contribution < 1.29 is 19.1 Å². The Morgan fingerprint density at radius 1 is 1.04 bits per heavy atom. The maximum atomic E-state index is 12.3. The van der Waals surface area contributed by atoms with E-state index < -0.39 is 0 Å². The van der Waals surface area contributed by atoms with Gasteiger partial charge in [0, 0.05) is 37.3 Å². The summed E-state index contributed by atoms with van der Waals surface area (Å²) in [5, 5.41) is 2.83. The molecule has 0 aromatic heterocycles. The molecule has 6 heteroatoms. The highest BCUT2D eigenvalue weighted by Gasteiger charge is 2.16. The first-order chi connectivity index (χ1) is 12.4. The lowest BCUT2D eigenvalue weighted by atomic mass is 10.1. The van der Waals surface area contributed by atoms with Gasteiger partial charge in [-0.2, -0.15) is 0 Å². The lowest BCUT2D eigenvalue weighted by molar-refractivity contribution is -0.117. The quantitative estimate of drug-likeness (QED) is 0.893. The molecule has 2 aromatic carbocycles. The maximum absolute atomic E-state index is 12.3. The molecular formula is C20H22N2O4. The Balaban J connectivity index is 1.63. The topological polar surface area (TPSA) is 67.9 Å². The first kappa shape index (κ1) is 17.8. The third-order valence-corrected chi connectivity index (χ3v) is 4.12. The fourth-order valence-corrected chi connectivity index (χ4v) is 2.99. The number of carbonyl (C=O) groups excluding carboxylic acids is 2. The SMILES string of the molecule is CC(=O)N(CCC(=O)Nc1ccc2c(c1)OCO2)c1cc(C)cc(C)c1. The molecule has 0 aliphatic carbocycles. The standard InChI is InChI=1S/C20H22N2O4/c1-13-8-14(2)10-17(9-13)22(15(3)23)7-6-20(24)21-16-4-5-18-19(11-16)26-12-25-18/h4-5,8-11H,6-7,12H2,1-3H3,(H,21,24). The van der Waals surface area contributed by atoms with Crippen molar-refractivity contribution in [1.29, 1.82) is 0 Å². The summed E-state index contributed by atoms with van der Waals surface area (Å²) in [6.45, 7) is 5.99. The Bertz CT molecular complexity index is 827. The molecule has 0 unspecified atom stereocenters. The van der Waals surface area contributed by atoms with Crippen LogP contribution in [0.2, 0.25) is 0 Å². The van der Waals surface area contributed by atoms with Crippen molar-refractivity contribution in [2.45, 2.75) is 27.2 Å². The lowest BCUT2D eigenvalue weighted by Crippen LogP contribution is -2.32. The zero-order valence-electron chi connectivity index (χ0n) is 15.2. The largest absolute Gasteiger partial charge is 0.454 e. The molecule has 1 N–H and O–H groups in total. The minimum absolute atomic E-state index is 0.0918. The molecular weight excluding hydrogens is 332 g/mol. The van der Waals surface area contributed by atoms with Crippen LogP contribution in [0.5, 0.6) is 11.5 Å². The highest BCUT2D eigenvalue weighted by atomic mass is 16.7. The van der Waals surface area contributed by atoms with Gasteiger partial charge in [0.25, 0.3) is 0 Å². The summed E-state index contributed by atoms with van der Waals surface area (Å²) in [4.78, 5) is 25.9. The molecule has 6 nitrogen and oxygen atoms in total. The van der Waals surface area contributed by atoms with E-state index in [1.807, 2.05) is 32.0 Å². The van der Waals surface area contributed by atoms with Gasteiger partial charge in [-0.05, 0) is 49.2 Å². The molecule has 3 rings (SSSR count). The third kappa shape index (κ3) is 4.14. The van der Waals surface area contributed by atoms with Gasteiger partial charge < -0.3 is 19.7 Å². The van der Waals surface area contributed by atoms with Crippen molar-refractivity contribution in [3.8, 4) is 11.5 Å². The van der Waals surface area contributed by atoms with E-state index in [4.69, 9.17) is 9.47 Å². The van der Waals surface area contributed by atoms with Gasteiger partial charge in [0.05, 0.1) is 0 Å². The summed E-state index contributed by atoms with van der Waals surface area (Å²) in [6.07, 6.45) is 0.195. The summed E-state index contributed by atoms with van der Waals surface area (Å²) >= 11 is 0. The molecule has 0 atom stereocenters. The van der Waals surface area contributed by atoms with E-state index in [0.717, 1.165) is 16.8 Å². The molecule has 0 saturated carbocycles. The van der Waals surface area contributed by atoms with Gasteiger partial charge in [-0.3, -0.25) is 9.59 Å². The molecule has 0 fully saturated rings. The second kappa shape index (κ2) is 7.47. The fourth-order valence-electron chi connectivity index (χ4n) is 2.99. The first-order valence-corrected chi connectivity index (χ1v) is 8.48. The van der Waals surface area contributed by atoms with Gasteiger partial charge in [-0.15, -0.1) is 0 Å². The van der Waals surface area contributed by atoms with Crippen LogP contribution < -0.4 is 19.7 Å². The maximum Gasteiger partial charge on any atom is 0.231 e. The highest BCUT2D eigenvalue weighted by Crippen LogP contribution is 2.34. The number of carbonyl (C=O) groups is 2. The van der Waals surface area contributed by atoms with Crippen molar-refractivity contribution in [2.24, 2.45) is 0 Å². The molecule has 0 radical (unpaired) electrons. The number of nitrogens with one attached hydrogen (secondary N) is 1. The average molecular weight is 354 g/mol. The second-order valence-electron chi connectivity index (χ2n) is 6.38. The Labute approximate surface area is 152 Å². The molecule has 2 amide bonds. The number of rotatable bonds is 5. The van der Waals surface area contributed by atoms with Crippen LogP contribution in [0, 0.1) is 13.8 Å². The monoisotopic (exact) mass is 354 g/mol. The van der Waals surface area contributed by atoms with E-state index in [0.29, 0.717) is 23.7 Å². The van der Waals surface area contributed by atoms with Gasteiger partial charge in [0.1, 0.15) is 0 Å². The van der Waals surface area contributed by atoms with E-state index in [1.54, 1.807) is 23.1 Å². The van der Waals surface area contributed by atoms with Crippen LogP contribution in [0.15, 0.2) is 36.4 Å². The van der Waals surface area contributed by atoms with Gasteiger partial charge in [-0.1, -0.05) is 6.07 Å².